The average molecular weight is 239 g/mol. The second-order valence-corrected chi connectivity index (χ2v) is 5.11. The Morgan fingerprint density at radius 1 is 1.38 bits per heavy atom. The third-order valence-electron chi connectivity index (χ3n) is 2.40. The number of hydrogen-bond acceptors (Lipinski definition) is 3. The van der Waals surface area contributed by atoms with Gasteiger partial charge in [-0.3, -0.25) is 4.79 Å². The van der Waals surface area contributed by atoms with Crippen LogP contribution in [0.3, 0.4) is 0 Å². The van der Waals surface area contributed by atoms with E-state index in [2.05, 4.69) is 0 Å². The zero-order valence-electron chi connectivity index (χ0n) is 9.47. The molecule has 2 N–H and O–H groups in total. The van der Waals surface area contributed by atoms with Gasteiger partial charge in [-0.1, -0.05) is 0 Å². The van der Waals surface area contributed by atoms with E-state index in [0.717, 1.165) is 0 Å². The van der Waals surface area contributed by atoms with Crippen molar-refractivity contribution in [3.63, 3.8) is 0 Å². The fraction of sp³-hybridized carbons (Fsp3) is 0.900. The van der Waals surface area contributed by atoms with Crippen LogP contribution in [0.1, 0.15) is 27.2 Å². The van der Waals surface area contributed by atoms with Crippen molar-refractivity contribution >= 4 is 5.97 Å². The molecule has 0 aromatic heterocycles. The summed E-state index contributed by atoms with van der Waals surface area (Å²) in [6.07, 6.45) is -4.34. The lowest BCUT2D eigenvalue weighted by Gasteiger charge is -2.22. The highest BCUT2D eigenvalue weighted by molar-refractivity contribution is 5.76. The summed E-state index contributed by atoms with van der Waals surface area (Å²) in [4.78, 5) is 11.4. The van der Waals surface area contributed by atoms with E-state index in [1.54, 1.807) is 20.8 Å². The van der Waals surface area contributed by atoms with Crippen molar-refractivity contribution in [2.45, 2.75) is 45.0 Å². The fourth-order valence-electron chi connectivity index (χ4n) is 1.53. The molecule has 1 aliphatic rings. The number of alkyl halides is 3. The maximum atomic E-state index is 12.2. The largest absolute Gasteiger partial charge is 0.459 e. The first-order chi connectivity index (χ1) is 7.02. The van der Waals surface area contributed by atoms with Crippen LogP contribution in [-0.2, 0) is 9.53 Å². The molecule has 0 bridgehead atoms. The lowest BCUT2D eigenvalue weighted by atomic mass is 10.1. The number of carbonyl (C=O) groups is 1. The van der Waals surface area contributed by atoms with Crippen molar-refractivity contribution in [3.05, 3.63) is 0 Å². The molecule has 3 nitrogen and oxygen atoms in total. The van der Waals surface area contributed by atoms with Crippen LogP contribution in [0.4, 0.5) is 13.2 Å². The highest BCUT2D eigenvalue weighted by Gasteiger charge is 2.59. The monoisotopic (exact) mass is 239 g/mol. The molecule has 3 atom stereocenters. The van der Waals surface area contributed by atoms with Crippen LogP contribution in [-0.4, -0.2) is 23.8 Å². The van der Waals surface area contributed by atoms with Crippen LogP contribution in [0.5, 0.6) is 0 Å². The van der Waals surface area contributed by atoms with Gasteiger partial charge < -0.3 is 10.5 Å². The van der Waals surface area contributed by atoms with Gasteiger partial charge in [0.2, 0.25) is 0 Å². The van der Waals surface area contributed by atoms with E-state index in [1.807, 2.05) is 0 Å². The minimum Gasteiger partial charge on any atom is -0.459 e. The van der Waals surface area contributed by atoms with Crippen LogP contribution in [0.15, 0.2) is 0 Å². The molecule has 6 heteroatoms. The summed E-state index contributed by atoms with van der Waals surface area (Å²) in [6, 6.07) is -1.18. The van der Waals surface area contributed by atoms with Crippen LogP contribution >= 0.6 is 0 Å². The number of esters is 1. The average Bonchev–Trinajstić information content (AvgIpc) is 2.76. The lowest BCUT2D eigenvalue weighted by molar-refractivity contribution is -0.161. The van der Waals surface area contributed by atoms with Crippen molar-refractivity contribution in [1.82, 2.24) is 0 Å². The van der Waals surface area contributed by atoms with Crippen molar-refractivity contribution in [3.8, 4) is 0 Å². The predicted octanol–water partition coefficient (Wildman–Crippen LogP) is 1.85. The Balaban J connectivity index is 2.49. The summed E-state index contributed by atoms with van der Waals surface area (Å²) in [5.74, 6) is -3.03. The van der Waals surface area contributed by atoms with Gasteiger partial charge in [-0.25, -0.2) is 0 Å². The molecule has 0 heterocycles. The van der Waals surface area contributed by atoms with E-state index in [1.165, 1.54) is 0 Å². The number of hydrogen-bond donors (Lipinski definition) is 1. The van der Waals surface area contributed by atoms with Crippen molar-refractivity contribution in [2.75, 3.05) is 0 Å². The molecule has 16 heavy (non-hydrogen) atoms. The second-order valence-electron chi connectivity index (χ2n) is 5.11. The number of rotatable bonds is 2. The van der Waals surface area contributed by atoms with Gasteiger partial charge in [0, 0.05) is 0 Å². The molecule has 0 radical (unpaired) electrons. The third-order valence-corrected chi connectivity index (χ3v) is 2.40. The molecule has 1 rings (SSSR count). The second kappa shape index (κ2) is 3.91. The molecule has 1 saturated carbocycles. The first-order valence-corrected chi connectivity index (χ1v) is 5.07. The fourth-order valence-corrected chi connectivity index (χ4v) is 1.53. The van der Waals surface area contributed by atoms with E-state index in [-0.39, 0.29) is 6.42 Å². The normalized spacial score (nSPS) is 27.4. The minimum absolute atomic E-state index is 0.0795. The van der Waals surface area contributed by atoms with E-state index in [0.29, 0.717) is 0 Å². The molecule has 0 aromatic carbocycles. The summed E-state index contributed by atoms with van der Waals surface area (Å²) in [6.45, 7) is 4.93. The van der Waals surface area contributed by atoms with Gasteiger partial charge in [-0.2, -0.15) is 13.2 Å². The van der Waals surface area contributed by atoms with Gasteiger partial charge in [-0.05, 0) is 33.1 Å². The zero-order valence-corrected chi connectivity index (χ0v) is 9.47. The number of nitrogens with two attached hydrogens (primary N) is 1. The maximum Gasteiger partial charge on any atom is 0.392 e. The minimum atomic E-state index is -4.26. The van der Waals surface area contributed by atoms with E-state index in [4.69, 9.17) is 10.5 Å². The Morgan fingerprint density at radius 2 is 1.88 bits per heavy atom. The van der Waals surface area contributed by atoms with E-state index < -0.39 is 35.6 Å². The molecule has 1 fully saturated rings. The molecule has 94 valence electrons. The number of ether oxygens (including phenoxy) is 1. The molecule has 0 spiro atoms. The number of carbonyl (C=O) groups excluding carboxylic acids is 1. The quantitative estimate of drug-likeness (QED) is 0.748. The highest BCUT2D eigenvalue weighted by atomic mass is 19.4. The third kappa shape index (κ3) is 3.37. The SMILES string of the molecule is CC(C)(C)OC(=O)C(N)C1CC1C(F)(F)F. The first-order valence-electron chi connectivity index (χ1n) is 5.07. The molecule has 0 aromatic rings. The molecular weight excluding hydrogens is 223 g/mol. The van der Waals surface area contributed by atoms with Gasteiger partial charge >= 0.3 is 12.1 Å². The summed E-state index contributed by atoms with van der Waals surface area (Å²) >= 11 is 0. The molecule has 1 aliphatic carbocycles. The summed E-state index contributed by atoms with van der Waals surface area (Å²) < 4.78 is 41.7. The molecule has 0 amide bonds. The van der Waals surface area contributed by atoms with Crippen LogP contribution in [0, 0.1) is 11.8 Å². The summed E-state index contributed by atoms with van der Waals surface area (Å²) in [7, 11) is 0. The van der Waals surface area contributed by atoms with Gasteiger partial charge in [-0.15, -0.1) is 0 Å². The van der Waals surface area contributed by atoms with Crippen LogP contribution < -0.4 is 5.73 Å². The zero-order chi connectivity index (χ0) is 12.7. The summed E-state index contributed by atoms with van der Waals surface area (Å²) in [5, 5.41) is 0. The Kier molecular flexibility index (Phi) is 3.24. The molecular formula is C10H16F3NO2. The van der Waals surface area contributed by atoms with Crippen molar-refractivity contribution < 1.29 is 22.7 Å². The lowest BCUT2D eigenvalue weighted by Crippen LogP contribution is -2.40. The topological polar surface area (TPSA) is 52.3 Å². The van der Waals surface area contributed by atoms with Crippen LogP contribution in [0.25, 0.3) is 0 Å². The van der Waals surface area contributed by atoms with E-state index in [9.17, 15) is 18.0 Å². The van der Waals surface area contributed by atoms with Crippen LogP contribution in [0.2, 0.25) is 0 Å². The molecule has 0 saturated heterocycles. The number of halogens is 3. The van der Waals surface area contributed by atoms with Crippen molar-refractivity contribution in [2.24, 2.45) is 17.6 Å². The Bertz CT molecular complexity index is 283. The first kappa shape index (κ1) is 13.3. The van der Waals surface area contributed by atoms with E-state index >= 15 is 0 Å². The van der Waals surface area contributed by atoms with Gasteiger partial charge in [0.1, 0.15) is 11.6 Å². The smallest absolute Gasteiger partial charge is 0.392 e. The van der Waals surface area contributed by atoms with Crippen molar-refractivity contribution in [1.29, 1.82) is 0 Å². The Hall–Kier alpha value is -0.780. The maximum absolute atomic E-state index is 12.2. The van der Waals surface area contributed by atoms with Gasteiger partial charge in [0.05, 0.1) is 5.92 Å². The van der Waals surface area contributed by atoms with Gasteiger partial charge in [0.25, 0.3) is 0 Å². The Morgan fingerprint density at radius 3 is 2.19 bits per heavy atom. The molecule has 3 unspecified atom stereocenters. The summed E-state index contributed by atoms with van der Waals surface area (Å²) in [5.41, 5.74) is 4.72. The predicted molar refractivity (Wildman–Crippen MR) is 51.5 cm³/mol. The standard InChI is InChI=1S/C10H16F3NO2/c1-9(2,3)16-8(15)7(14)5-4-6(5)10(11,12)13/h5-7H,4,14H2,1-3H3. The highest BCUT2D eigenvalue weighted by Crippen LogP contribution is 2.51. The Labute approximate surface area is 92.1 Å². The van der Waals surface area contributed by atoms with Gasteiger partial charge in [0.15, 0.2) is 0 Å². The molecule has 0 aliphatic heterocycles.